The Balaban J connectivity index is 2.24. The summed E-state index contributed by atoms with van der Waals surface area (Å²) in [4.78, 5) is 7.28. The topological polar surface area (TPSA) is 49.9 Å². The third kappa shape index (κ3) is 3.47. The van der Waals surface area contributed by atoms with Crippen molar-refractivity contribution in [3.05, 3.63) is 18.2 Å². The molecule has 1 heterocycles. The summed E-state index contributed by atoms with van der Waals surface area (Å²) in [5.41, 5.74) is 0. The van der Waals surface area contributed by atoms with Crippen LogP contribution >= 0.6 is 0 Å². The molecule has 2 unspecified atom stereocenters. The Kier molecular flexibility index (Phi) is 4.62. The second-order valence-corrected chi connectivity index (χ2v) is 3.66. The van der Waals surface area contributed by atoms with Gasteiger partial charge in [0.2, 0.25) is 0 Å². The van der Waals surface area contributed by atoms with Gasteiger partial charge in [0, 0.05) is 32.7 Å². The third-order valence-electron chi connectivity index (χ3n) is 2.15. The van der Waals surface area contributed by atoms with E-state index in [1.54, 1.807) is 13.3 Å². The first-order valence-corrected chi connectivity index (χ1v) is 4.95. The van der Waals surface area contributed by atoms with E-state index in [1.807, 2.05) is 6.20 Å². The molecule has 1 rings (SSSR count). The fourth-order valence-corrected chi connectivity index (χ4v) is 1.33. The quantitative estimate of drug-likeness (QED) is 0.723. The zero-order valence-electron chi connectivity index (χ0n) is 9.08. The molecule has 0 radical (unpaired) electrons. The minimum absolute atomic E-state index is 0.268. The molecule has 0 aromatic carbocycles. The molecule has 0 bridgehead atoms. The molecule has 0 saturated carbocycles. The van der Waals surface area contributed by atoms with Crippen LogP contribution in [0.5, 0.6) is 0 Å². The lowest BCUT2D eigenvalue weighted by Gasteiger charge is -2.15. The maximum absolute atomic E-state index is 5.06. The molecule has 2 atom stereocenters. The van der Waals surface area contributed by atoms with Gasteiger partial charge < -0.3 is 15.0 Å². The number of rotatable bonds is 6. The fraction of sp³-hybridized carbons (Fsp3) is 0.700. The van der Waals surface area contributed by atoms with Crippen LogP contribution in [0.25, 0.3) is 0 Å². The molecule has 1 aromatic rings. The highest BCUT2D eigenvalue weighted by Gasteiger charge is 2.08. The summed E-state index contributed by atoms with van der Waals surface area (Å²) in [6.07, 6.45) is 3.61. The number of aromatic nitrogens is 2. The third-order valence-corrected chi connectivity index (χ3v) is 2.15. The smallest absolute Gasteiger partial charge is 0.122 e. The molecule has 80 valence electrons. The zero-order valence-corrected chi connectivity index (χ0v) is 9.08. The summed E-state index contributed by atoms with van der Waals surface area (Å²) in [6.45, 7) is 5.98. The summed E-state index contributed by atoms with van der Waals surface area (Å²) in [5.74, 6) is 1.51. The summed E-state index contributed by atoms with van der Waals surface area (Å²) >= 11 is 0. The molecule has 1 aromatic heterocycles. The maximum Gasteiger partial charge on any atom is 0.122 e. The summed E-state index contributed by atoms with van der Waals surface area (Å²) in [5, 5.41) is 3.40. The lowest BCUT2D eigenvalue weighted by molar-refractivity contribution is 0.157. The highest BCUT2D eigenvalue weighted by molar-refractivity contribution is 4.93. The zero-order chi connectivity index (χ0) is 10.4. The van der Waals surface area contributed by atoms with Gasteiger partial charge in [0.15, 0.2) is 0 Å². The van der Waals surface area contributed by atoms with E-state index in [0.717, 1.165) is 19.0 Å². The Morgan fingerprint density at radius 1 is 1.57 bits per heavy atom. The first-order chi connectivity index (χ1) is 6.74. The Labute approximate surface area is 85.1 Å². The average molecular weight is 197 g/mol. The van der Waals surface area contributed by atoms with Gasteiger partial charge in [-0.1, -0.05) is 6.92 Å². The van der Waals surface area contributed by atoms with E-state index in [-0.39, 0.29) is 6.04 Å². The molecule has 0 spiro atoms. The Morgan fingerprint density at radius 3 is 2.93 bits per heavy atom. The highest BCUT2D eigenvalue weighted by Crippen LogP contribution is 2.05. The molecule has 0 aliphatic carbocycles. The fourth-order valence-electron chi connectivity index (χ4n) is 1.33. The second kappa shape index (κ2) is 5.78. The van der Waals surface area contributed by atoms with Gasteiger partial charge in [-0.2, -0.15) is 0 Å². The van der Waals surface area contributed by atoms with Gasteiger partial charge in [-0.15, -0.1) is 0 Å². The van der Waals surface area contributed by atoms with Gasteiger partial charge >= 0.3 is 0 Å². The number of aromatic amines is 1. The number of nitrogens with zero attached hydrogens (tertiary/aromatic N) is 1. The highest BCUT2D eigenvalue weighted by atomic mass is 16.5. The predicted molar refractivity (Wildman–Crippen MR) is 56.0 cm³/mol. The van der Waals surface area contributed by atoms with Gasteiger partial charge in [0.25, 0.3) is 0 Å². The summed E-state index contributed by atoms with van der Waals surface area (Å²) in [6, 6.07) is 0.268. The van der Waals surface area contributed by atoms with Crippen LogP contribution in [-0.4, -0.2) is 30.2 Å². The Morgan fingerprint density at radius 2 is 2.36 bits per heavy atom. The van der Waals surface area contributed by atoms with Crippen molar-refractivity contribution in [2.45, 2.75) is 19.9 Å². The number of methoxy groups -OCH3 is 1. The average Bonchev–Trinajstić information content (AvgIpc) is 2.67. The molecule has 14 heavy (non-hydrogen) atoms. The molecule has 0 saturated heterocycles. The van der Waals surface area contributed by atoms with Crippen molar-refractivity contribution in [1.82, 2.24) is 15.3 Å². The monoisotopic (exact) mass is 197 g/mol. The van der Waals surface area contributed by atoms with Crippen molar-refractivity contribution in [2.24, 2.45) is 5.92 Å². The molecule has 2 N–H and O–H groups in total. The number of H-pyrrole nitrogens is 1. The minimum Gasteiger partial charge on any atom is -0.384 e. The van der Waals surface area contributed by atoms with Crippen molar-refractivity contribution in [1.29, 1.82) is 0 Å². The molecular weight excluding hydrogens is 178 g/mol. The molecule has 0 fully saturated rings. The molecular formula is C10H19N3O. The van der Waals surface area contributed by atoms with Crippen LogP contribution in [-0.2, 0) is 4.74 Å². The Bertz CT molecular complexity index is 236. The van der Waals surface area contributed by atoms with Crippen molar-refractivity contribution in [2.75, 3.05) is 20.3 Å². The second-order valence-electron chi connectivity index (χ2n) is 3.66. The Hall–Kier alpha value is -0.870. The van der Waals surface area contributed by atoms with Crippen LogP contribution in [0.4, 0.5) is 0 Å². The van der Waals surface area contributed by atoms with Gasteiger partial charge in [-0.05, 0) is 12.8 Å². The SMILES string of the molecule is COCC(C)CNC(C)c1ncc[nH]1. The number of hydrogen-bond acceptors (Lipinski definition) is 3. The van der Waals surface area contributed by atoms with E-state index < -0.39 is 0 Å². The van der Waals surface area contributed by atoms with Crippen LogP contribution in [0.1, 0.15) is 25.7 Å². The van der Waals surface area contributed by atoms with Crippen molar-refractivity contribution in [3.63, 3.8) is 0 Å². The normalized spacial score (nSPS) is 15.4. The lowest BCUT2D eigenvalue weighted by atomic mass is 10.2. The van der Waals surface area contributed by atoms with Crippen LogP contribution in [0.3, 0.4) is 0 Å². The molecule has 0 amide bonds. The van der Waals surface area contributed by atoms with Gasteiger partial charge in [0.05, 0.1) is 6.04 Å². The summed E-state index contributed by atoms with van der Waals surface area (Å²) < 4.78 is 5.06. The van der Waals surface area contributed by atoms with E-state index in [0.29, 0.717) is 5.92 Å². The van der Waals surface area contributed by atoms with Gasteiger partial charge in [0.1, 0.15) is 5.82 Å². The lowest BCUT2D eigenvalue weighted by Crippen LogP contribution is -2.27. The van der Waals surface area contributed by atoms with Gasteiger partial charge in [-0.25, -0.2) is 4.98 Å². The number of ether oxygens (including phenoxy) is 1. The van der Waals surface area contributed by atoms with E-state index in [4.69, 9.17) is 4.74 Å². The predicted octanol–water partition coefficient (Wildman–Crippen LogP) is 1.34. The number of imidazole rings is 1. The maximum atomic E-state index is 5.06. The van der Waals surface area contributed by atoms with Gasteiger partial charge in [-0.3, -0.25) is 0 Å². The van der Waals surface area contributed by atoms with Crippen LogP contribution in [0.2, 0.25) is 0 Å². The molecule has 0 aliphatic rings. The molecule has 4 heteroatoms. The first-order valence-electron chi connectivity index (χ1n) is 4.95. The van der Waals surface area contributed by atoms with Crippen molar-refractivity contribution in [3.8, 4) is 0 Å². The largest absolute Gasteiger partial charge is 0.384 e. The summed E-state index contributed by atoms with van der Waals surface area (Å²) in [7, 11) is 1.73. The number of nitrogens with one attached hydrogen (secondary N) is 2. The van der Waals surface area contributed by atoms with Crippen LogP contribution in [0, 0.1) is 5.92 Å². The molecule has 0 aliphatic heterocycles. The van der Waals surface area contributed by atoms with E-state index in [1.165, 1.54) is 0 Å². The first kappa shape index (κ1) is 11.2. The van der Waals surface area contributed by atoms with Crippen molar-refractivity contribution >= 4 is 0 Å². The minimum atomic E-state index is 0.268. The van der Waals surface area contributed by atoms with E-state index in [2.05, 4.69) is 29.1 Å². The standard InChI is InChI=1S/C10H19N3O/c1-8(7-14-3)6-13-9(2)10-11-4-5-12-10/h4-5,8-9,13H,6-7H2,1-3H3,(H,11,12). The molecule has 4 nitrogen and oxygen atoms in total. The van der Waals surface area contributed by atoms with E-state index >= 15 is 0 Å². The van der Waals surface area contributed by atoms with Crippen molar-refractivity contribution < 1.29 is 4.74 Å². The number of hydrogen-bond donors (Lipinski definition) is 2. The van der Waals surface area contributed by atoms with E-state index in [9.17, 15) is 0 Å². The van der Waals surface area contributed by atoms with Crippen LogP contribution < -0.4 is 5.32 Å². The van der Waals surface area contributed by atoms with Crippen LogP contribution in [0.15, 0.2) is 12.4 Å².